The Kier molecular flexibility index (Phi) is 3.67. The molecule has 94 valence electrons. The van der Waals surface area contributed by atoms with E-state index in [4.69, 9.17) is 0 Å². The molecule has 1 heterocycles. The highest BCUT2D eigenvalue weighted by atomic mass is 16.6. The van der Waals surface area contributed by atoms with E-state index in [1.165, 1.54) is 6.07 Å². The van der Waals surface area contributed by atoms with Crippen molar-refractivity contribution in [2.24, 2.45) is 0 Å². The lowest BCUT2D eigenvalue weighted by atomic mass is 10.1. The van der Waals surface area contributed by atoms with Crippen molar-refractivity contribution in [3.8, 4) is 0 Å². The lowest BCUT2D eigenvalue weighted by Gasteiger charge is -2.26. The van der Waals surface area contributed by atoms with Crippen molar-refractivity contribution < 1.29 is 10.0 Å². The second-order valence-corrected chi connectivity index (χ2v) is 4.70. The summed E-state index contributed by atoms with van der Waals surface area (Å²) in [5.74, 6) is 0.607. The molecule has 0 saturated carbocycles. The average molecular weight is 239 g/mol. The van der Waals surface area contributed by atoms with Crippen LogP contribution in [-0.4, -0.2) is 34.2 Å². The predicted molar refractivity (Wildman–Crippen MR) is 65.2 cm³/mol. The predicted octanol–water partition coefficient (Wildman–Crippen LogP) is 1.51. The lowest BCUT2D eigenvalue weighted by molar-refractivity contribution is -0.385. The first-order valence-corrected chi connectivity index (χ1v) is 5.26. The zero-order valence-corrected chi connectivity index (χ0v) is 10.5. The molecule has 0 aliphatic carbocycles. The quantitative estimate of drug-likeness (QED) is 0.636. The third-order valence-corrected chi connectivity index (χ3v) is 2.26. The van der Waals surface area contributed by atoms with Crippen LogP contribution >= 0.6 is 0 Å². The minimum Gasteiger partial charge on any atom is -0.389 e. The Balaban J connectivity index is 2.94. The number of rotatable bonds is 4. The number of likely N-dealkylation sites (N-methyl/N-ethyl adjacent to an activating group) is 1. The van der Waals surface area contributed by atoms with Gasteiger partial charge in [-0.1, -0.05) is 0 Å². The van der Waals surface area contributed by atoms with Crippen molar-refractivity contribution in [1.82, 2.24) is 4.98 Å². The van der Waals surface area contributed by atoms with Crippen LogP contribution in [0.5, 0.6) is 0 Å². The molecule has 0 fully saturated rings. The molecule has 0 aromatic carbocycles. The molecule has 1 aromatic heterocycles. The van der Waals surface area contributed by atoms with E-state index >= 15 is 0 Å². The molecule has 6 nitrogen and oxygen atoms in total. The van der Waals surface area contributed by atoms with E-state index in [-0.39, 0.29) is 5.69 Å². The number of nitro groups is 1. The van der Waals surface area contributed by atoms with E-state index in [0.717, 1.165) is 0 Å². The lowest BCUT2D eigenvalue weighted by Crippen LogP contribution is -2.36. The first-order valence-electron chi connectivity index (χ1n) is 5.26. The summed E-state index contributed by atoms with van der Waals surface area (Å²) in [5.41, 5.74) is -0.466. The highest BCUT2D eigenvalue weighted by Gasteiger charge is 2.18. The topological polar surface area (TPSA) is 79.5 Å². The minimum absolute atomic E-state index is 0.00501. The molecule has 0 atom stereocenters. The van der Waals surface area contributed by atoms with Gasteiger partial charge in [-0.05, 0) is 26.8 Å². The van der Waals surface area contributed by atoms with Crippen molar-refractivity contribution in [2.75, 3.05) is 18.5 Å². The van der Waals surface area contributed by atoms with Crippen molar-refractivity contribution >= 4 is 11.5 Å². The van der Waals surface area contributed by atoms with E-state index in [2.05, 4.69) is 4.98 Å². The van der Waals surface area contributed by atoms with Crippen LogP contribution in [0.1, 0.15) is 19.5 Å². The van der Waals surface area contributed by atoms with Gasteiger partial charge in [0.25, 0.3) is 5.69 Å². The number of aryl methyl sites for hydroxylation is 1. The van der Waals surface area contributed by atoms with E-state index in [1.807, 2.05) is 0 Å². The zero-order valence-electron chi connectivity index (χ0n) is 10.5. The van der Waals surface area contributed by atoms with Gasteiger partial charge in [0.15, 0.2) is 0 Å². The molecule has 0 unspecified atom stereocenters. The average Bonchev–Trinajstić information content (AvgIpc) is 2.14. The van der Waals surface area contributed by atoms with Gasteiger partial charge in [-0.25, -0.2) is 4.98 Å². The summed E-state index contributed by atoms with van der Waals surface area (Å²) >= 11 is 0. The van der Waals surface area contributed by atoms with Crippen LogP contribution < -0.4 is 4.90 Å². The monoisotopic (exact) mass is 239 g/mol. The number of pyridine rings is 1. The summed E-state index contributed by atoms with van der Waals surface area (Å²) in [6.45, 7) is 5.39. The van der Waals surface area contributed by atoms with Crippen LogP contribution in [0, 0.1) is 17.0 Å². The summed E-state index contributed by atoms with van der Waals surface area (Å²) in [6.07, 6.45) is 0. The van der Waals surface area contributed by atoms with E-state index in [1.54, 1.807) is 38.8 Å². The maximum atomic E-state index is 10.6. The summed E-state index contributed by atoms with van der Waals surface area (Å²) < 4.78 is 0. The smallest absolute Gasteiger partial charge is 0.290 e. The SMILES string of the molecule is Cc1nc(N(C)CC(C)(C)O)ccc1[N+](=O)[O-]. The Morgan fingerprint density at radius 3 is 2.53 bits per heavy atom. The van der Waals surface area contributed by atoms with Crippen molar-refractivity contribution in [1.29, 1.82) is 0 Å². The fourth-order valence-corrected chi connectivity index (χ4v) is 1.61. The Morgan fingerprint density at radius 2 is 2.12 bits per heavy atom. The Hall–Kier alpha value is -1.69. The first kappa shape index (κ1) is 13.4. The largest absolute Gasteiger partial charge is 0.389 e. The normalized spacial score (nSPS) is 11.4. The molecule has 0 bridgehead atoms. The second kappa shape index (κ2) is 4.67. The maximum absolute atomic E-state index is 10.6. The van der Waals surface area contributed by atoms with Gasteiger partial charge in [-0.3, -0.25) is 10.1 Å². The molecule has 0 aliphatic rings. The number of aromatic nitrogens is 1. The summed E-state index contributed by atoms with van der Waals surface area (Å²) in [4.78, 5) is 16.1. The van der Waals surface area contributed by atoms with Crippen molar-refractivity contribution in [2.45, 2.75) is 26.4 Å². The molecule has 0 amide bonds. The fraction of sp³-hybridized carbons (Fsp3) is 0.545. The second-order valence-electron chi connectivity index (χ2n) is 4.70. The van der Waals surface area contributed by atoms with Gasteiger partial charge in [0.2, 0.25) is 0 Å². The van der Waals surface area contributed by atoms with Crippen LogP contribution in [0.2, 0.25) is 0 Å². The summed E-state index contributed by atoms with van der Waals surface area (Å²) in [6, 6.07) is 3.01. The Labute approximate surface area is 100 Å². The number of anilines is 1. The van der Waals surface area contributed by atoms with E-state index in [9.17, 15) is 15.2 Å². The van der Waals surface area contributed by atoms with Crippen LogP contribution in [0.15, 0.2) is 12.1 Å². The molecule has 0 spiro atoms. The molecule has 17 heavy (non-hydrogen) atoms. The van der Waals surface area contributed by atoms with Crippen LogP contribution in [-0.2, 0) is 0 Å². The maximum Gasteiger partial charge on any atom is 0.290 e. The molecular formula is C11H17N3O3. The number of hydrogen-bond acceptors (Lipinski definition) is 5. The zero-order chi connectivity index (χ0) is 13.2. The van der Waals surface area contributed by atoms with Crippen LogP contribution in [0.4, 0.5) is 11.5 Å². The van der Waals surface area contributed by atoms with Gasteiger partial charge in [0.05, 0.1) is 10.5 Å². The molecule has 1 aromatic rings. The third kappa shape index (κ3) is 3.67. The highest BCUT2D eigenvalue weighted by Crippen LogP contribution is 2.20. The summed E-state index contributed by atoms with van der Waals surface area (Å²) in [7, 11) is 1.78. The highest BCUT2D eigenvalue weighted by molar-refractivity contribution is 5.46. The first-order chi connectivity index (χ1) is 7.70. The molecule has 0 saturated heterocycles. The molecule has 1 rings (SSSR count). The minimum atomic E-state index is -0.841. The fourth-order valence-electron chi connectivity index (χ4n) is 1.61. The number of aliphatic hydroxyl groups is 1. The molecule has 1 N–H and O–H groups in total. The van der Waals surface area contributed by atoms with Gasteiger partial charge in [-0.2, -0.15) is 0 Å². The van der Waals surface area contributed by atoms with Gasteiger partial charge in [0.1, 0.15) is 11.5 Å². The van der Waals surface area contributed by atoms with Gasteiger partial charge >= 0.3 is 0 Å². The van der Waals surface area contributed by atoms with E-state index < -0.39 is 10.5 Å². The molecule has 0 radical (unpaired) electrons. The number of hydrogen-bond donors (Lipinski definition) is 1. The van der Waals surface area contributed by atoms with Crippen LogP contribution in [0.25, 0.3) is 0 Å². The molecular weight excluding hydrogens is 222 g/mol. The number of nitrogens with zero attached hydrogens (tertiary/aromatic N) is 3. The van der Waals surface area contributed by atoms with Gasteiger partial charge in [0, 0.05) is 19.7 Å². The van der Waals surface area contributed by atoms with Crippen molar-refractivity contribution in [3.05, 3.63) is 27.9 Å². The molecule has 6 heteroatoms. The van der Waals surface area contributed by atoms with Gasteiger partial charge in [-0.15, -0.1) is 0 Å². The third-order valence-electron chi connectivity index (χ3n) is 2.26. The summed E-state index contributed by atoms with van der Waals surface area (Å²) in [5, 5.41) is 20.3. The van der Waals surface area contributed by atoms with Crippen LogP contribution in [0.3, 0.4) is 0 Å². The standard InChI is InChI=1S/C11H17N3O3/c1-8-9(14(16)17)5-6-10(12-8)13(4)7-11(2,3)15/h5-6,15H,7H2,1-4H3. The van der Waals surface area contributed by atoms with Gasteiger partial charge < -0.3 is 10.0 Å². The van der Waals surface area contributed by atoms with Crippen molar-refractivity contribution in [3.63, 3.8) is 0 Å². The Morgan fingerprint density at radius 1 is 1.53 bits per heavy atom. The Bertz CT molecular complexity index is 426. The van der Waals surface area contributed by atoms with E-state index in [0.29, 0.717) is 18.1 Å². The molecule has 0 aliphatic heterocycles.